The SMILES string of the molecule is CC(CCNCC1(C)CC1)c1ccc(N)cc1. The topological polar surface area (TPSA) is 38.0 Å². The summed E-state index contributed by atoms with van der Waals surface area (Å²) in [6, 6.07) is 8.26. The molecule has 17 heavy (non-hydrogen) atoms. The molecule has 0 bridgehead atoms. The summed E-state index contributed by atoms with van der Waals surface area (Å²) in [7, 11) is 0. The van der Waals surface area contributed by atoms with Crippen LogP contribution < -0.4 is 11.1 Å². The first-order chi connectivity index (χ1) is 8.09. The largest absolute Gasteiger partial charge is 0.399 e. The quantitative estimate of drug-likeness (QED) is 0.584. The molecule has 2 heteroatoms. The summed E-state index contributed by atoms with van der Waals surface area (Å²) >= 11 is 0. The lowest BCUT2D eigenvalue weighted by molar-refractivity contribution is 0.484. The van der Waals surface area contributed by atoms with Crippen molar-refractivity contribution in [2.45, 2.75) is 39.0 Å². The molecule has 1 aliphatic carbocycles. The van der Waals surface area contributed by atoms with Crippen molar-refractivity contribution in [3.63, 3.8) is 0 Å². The van der Waals surface area contributed by atoms with Crippen LogP contribution in [-0.4, -0.2) is 13.1 Å². The van der Waals surface area contributed by atoms with E-state index in [0.29, 0.717) is 11.3 Å². The van der Waals surface area contributed by atoms with Crippen LogP contribution in [0.2, 0.25) is 0 Å². The highest BCUT2D eigenvalue weighted by Gasteiger charge is 2.36. The zero-order valence-electron chi connectivity index (χ0n) is 11.0. The van der Waals surface area contributed by atoms with Gasteiger partial charge >= 0.3 is 0 Å². The van der Waals surface area contributed by atoms with Gasteiger partial charge in [-0.15, -0.1) is 0 Å². The molecule has 0 aliphatic heterocycles. The maximum atomic E-state index is 5.69. The van der Waals surface area contributed by atoms with Gasteiger partial charge in [-0.25, -0.2) is 0 Å². The van der Waals surface area contributed by atoms with Gasteiger partial charge in [0.1, 0.15) is 0 Å². The van der Waals surface area contributed by atoms with Crippen molar-refractivity contribution >= 4 is 5.69 Å². The van der Waals surface area contributed by atoms with Crippen LogP contribution in [0.3, 0.4) is 0 Å². The van der Waals surface area contributed by atoms with Crippen LogP contribution in [-0.2, 0) is 0 Å². The molecule has 1 unspecified atom stereocenters. The lowest BCUT2D eigenvalue weighted by Crippen LogP contribution is -2.23. The Morgan fingerprint density at radius 1 is 1.29 bits per heavy atom. The van der Waals surface area contributed by atoms with E-state index in [9.17, 15) is 0 Å². The fourth-order valence-electron chi connectivity index (χ4n) is 2.09. The molecule has 0 saturated heterocycles. The van der Waals surface area contributed by atoms with Gasteiger partial charge in [0.25, 0.3) is 0 Å². The van der Waals surface area contributed by atoms with E-state index in [-0.39, 0.29) is 0 Å². The highest BCUT2D eigenvalue weighted by atomic mass is 14.9. The third-order valence-electron chi connectivity index (χ3n) is 3.91. The minimum Gasteiger partial charge on any atom is -0.399 e. The van der Waals surface area contributed by atoms with Gasteiger partial charge in [-0.05, 0) is 54.8 Å². The number of hydrogen-bond acceptors (Lipinski definition) is 2. The van der Waals surface area contributed by atoms with Crippen molar-refractivity contribution in [3.8, 4) is 0 Å². The molecule has 1 saturated carbocycles. The number of anilines is 1. The van der Waals surface area contributed by atoms with Gasteiger partial charge in [0.05, 0.1) is 0 Å². The predicted octanol–water partition coefficient (Wildman–Crippen LogP) is 3.15. The van der Waals surface area contributed by atoms with Gasteiger partial charge in [-0.2, -0.15) is 0 Å². The summed E-state index contributed by atoms with van der Waals surface area (Å²) in [5.74, 6) is 0.607. The predicted molar refractivity (Wildman–Crippen MR) is 74.1 cm³/mol. The lowest BCUT2D eigenvalue weighted by Gasteiger charge is -2.14. The molecule has 0 heterocycles. The molecule has 0 amide bonds. The fourth-order valence-corrected chi connectivity index (χ4v) is 2.09. The minimum atomic E-state index is 0.607. The second-order valence-corrected chi connectivity index (χ2v) is 5.84. The first-order valence-corrected chi connectivity index (χ1v) is 6.65. The number of hydrogen-bond donors (Lipinski definition) is 2. The van der Waals surface area contributed by atoms with Gasteiger partial charge in [-0.1, -0.05) is 26.0 Å². The van der Waals surface area contributed by atoms with Crippen LogP contribution in [0.5, 0.6) is 0 Å². The number of rotatable bonds is 6. The Morgan fingerprint density at radius 3 is 2.53 bits per heavy atom. The van der Waals surface area contributed by atoms with E-state index >= 15 is 0 Å². The van der Waals surface area contributed by atoms with Crippen LogP contribution in [0, 0.1) is 5.41 Å². The van der Waals surface area contributed by atoms with Crippen molar-refractivity contribution in [1.82, 2.24) is 5.32 Å². The Labute approximate surface area is 105 Å². The normalized spacial score (nSPS) is 18.9. The third-order valence-corrected chi connectivity index (χ3v) is 3.91. The summed E-state index contributed by atoms with van der Waals surface area (Å²) in [6.45, 7) is 6.94. The lowest BCUT2D eigenvalue weighted by atomic mass is 9.97. The zero-order chi connectivity index (χ0) is 12.3. The van der Waals surface area contributed by atoms with Gasteiger partial charge in [0.2, 0.25) is 0 Å². The first-order valence-electron chi connectivity index (χ1n) is 6.65. The van der Waals surface area contributed by atoms with Gasteiger partial charge < -0.3 is 11.1 Å². The van der Waals surface area contributed by atoms with Gasteiger partial charge in [-0.3, -0.25) is 0 Å². The Balaban J connectivity index is 1.69. The summed E-state index contributed by atoms with van der Waals surface area (Å²) in [6.07, 6.45) is 3.99. The number of nitrogens with one attached hydrogen (secondary N) is 1. The Hall–Kier alpha value is -1.02. The summed E-state index contributed by atoms with van der Waals surface area (Å²) in [4.78, 5) is 0. The van der Waals surface area contributed by atoms with Crippen LogP contribution in [0.25, 0.3) is 0 Å². The van der Waals surface area contributed by atoms with Crippen LogP contribution >= 0.6 is 0 Å². The summed E-state index contributed by atoms with van der Waals surface area (Å²) in [5.41, 5.74) is 8.54. The molecule has 3 N–H and O–H groups in total. The van der Waals surface area contributed by atoms with Crippen molar-refractivity contribution in [2.24, 2.45) is 5.41 Å². The van der Waals surface area contributed by atoms with E-state index in [2.05, 4.69) is 31.3 Å². The fraction of sp³-hybridized carbons (Fsp3) is 0.600. The highest BCUT2D eigenvalue weighted by Crippen LogP contribution is 2.44. The molecule has 1 aromatic rings. The van der Waals surface area contributed by atoms with E-state index in [1.165, 1.54) is 31.4 Å². The molecule has 1 atom stereocenters. The maximum Gasteiger partial charge on any atom is 0.0314 e. The maximum absolute atomic E-state index is 5.69. The monoisotopic (exact) mass is 232 g/mol. The Bertz CT molecular complexity index is 352. The molecule has 1 aromatic carbocycles. The zero-order valence-corrected chi connectivity index (χ0v) is 11.0. The molecule has 1 fully saturated rings. The van der Waals surface area contributed by atoms with Crippen molar-refractivity contribution < 1.29 is 0 Å². The Morgan fingerprint density at radius 2 is 1.94 bits per heavy atom. The molecule has 0 aromatic heterocycles. The third kappa shape index (κ3) is 3.74. The second-order valence-electron chi connectivity index (χ2n) is 5.84. The van der Waals surface area contributed by atoms with Crippen molar-refractivity contribution in [1.29, 1.82) is 0 Å². The number of nitrogen functional groups attached to an aromatic ring is 1. The standard InChI is InChI=1S/C15H24N2/c1-12(13-3-5-14(16)6-4-13)7-10-17-11-15(2)8-9-15/h3-6,12,17H,7-11,16H2,1-2H3. The minimum absolute atomic E-state index is 0.607. The number of nitrogens with two attached hydrogens (primary N) is 1. The van der Waals surface area contributed by atoms with Crippen LogP contribution in [0.4, 0.5) is 5.69 Å². The molecule has 1 aliphatic rings. The van der Waals surface area contributed by atoms with E-state index in [1.54, 1.807) is 0 Å². The van der Waals surface area contributed by atoms with Crippen LogP contribution in [0.15, 0.2) is 24.3 Å². The summed E-state index contributed by atoms with van der Waals surface area (Å²) in [5, 5.41) is 3.58. The molecule has 2 nitrogen and oxygen atoms in total. The molecule has 2 rings (SSSR count). The average Bonchev–Trinajstić information content (AvgIpc) is 3.04. The van der Waals surface area contributed by atoms with Gasteiger partial charge in [0, 0.05) is 12.2 Å². The van der Waals surface area contributed by atoms with Crippen LogP contribution in [0.1, 0.15) is 44.6 Å². The first kappa shape index (κ1) is 12.4. The van der Waals surface area contributed by atoms with Gasteiger partial charge in [0.15, 0.2) is 0 Å². The molecule has 94 valence electrons. The second kappa shape index (κ2) is 5.09. The van der Waals surface area contributed by atoms with Crippen molar-refractivity contribution in [2.75, 3.05) is 18.8 Å². The molecule has 0 spiro atoms. The highest BCUT2D eigenvalue weighted by molar-refractivity contribution is 5.40. The Kier molecular flexibility index (Phi) is 3.72. The van der Waals surface area contributed by atoms with E-state index in [0.717, 1.165) is 12.2 Å². The molecular weight excluding hydrogens is 208 g/mol. The van der Waals surface area contributed by atoms with E-state index in [4.69, 9.17) is 5.73 Å². The summed E-state index contributed by atoms with van der Waals surface area (Å²) < 4.78 is 0. The van der Waals surface area contributed by atoms with E-state index in [1.807, 2.05) is 12.1 Å². The van der Waals surface area contributed by atoms with Crippen molar-refractivity contribution in [3.05, 3.63) is 29.8 Å². The number of benzene rings is 1. The molecular formula is C15H24N2. The molecule has 0 radical (unpaired) electrons. The smallest absolute Gasteiger partial charge is 0.0314 e. The van der Waals surface area contributed by atoms with E-state index < -0.39 is 0 Å². The average molecular weight is 232 g/mol.